The van der Waals surface area contributed by atoms with Gasteiger partial charge in [-0.25, -0.2) is 0 Å². The number of amides is 3. The van der Waals surface area contributed by atoms with Gasteiger partial charge in [-0.1, -0.05) is 6.07 Å². The molecule has 28 heavy (non-hydrogen) atoms. The van der Waals surface area contributed by atoms with Gasteiger partial charge in [-0.05, 0) is 44.2 Å². The Hall–Kier alpha value is -3.55. The average molecular weight is 385 g/mol. The van der Waals surface area contributed by atoms with Gasteiger partial charge in [0.1, 0.15) is 0 Å². The first-order valence-electron chi connectivity index (χ1n) is 8.82. The van der Waals surface area contributed by atoms with Gasteiger partial charge in [0.25, 0.3) is 0 Å². The van der Waals surface area contributed by atoms with E-state index >= 15 is 0 Å². The van der Waals surface area contributed by atoms with Gasteiger partial charge in [-0.3, -0.25) is 14.4 Å². The molecule has 148 valence electrons. The first-order chi connectivity index (χ1) is 13.4. The molecule has 0 atom stereocenters. The third kappa shape index (κ3) is 6.01. The Morgan fingerprint density at radius 1 is 0.750 bits per heavy atom. The average Bonchev–Trinajstić information content (AvgIpc) is 2.64. The minimum absolute atomic E-state index is 0.234. The second-order valence-corrected chi connectivity index (χ2v) is 5.70. The molecule has 0 aliphatic carbocycles. The highest BCUT2D eigenvalue weighted by molar-refractivity contribution is 6.43. The van der Waals surface area contributed by atoms with Crippen LogP contribution in [-0.4, -0.2) is 30.9 Å². The molecule has 0 spiro atoms. The van der Waals surface area contributed by atoms with E-state index in [2.05, 4.69) is 16.0 Å². The summed E-state index contributed by atoms with van der Waals surface area (Å²) in [6, 6.07) is 11.4. The minimum Gasteiger partial charge on any atom is -0.490 e. The van der Waals surface area contributed by atoms with Crippen LogP contribution < -0.4 is 25.4 Å². The van der Waals surface area contributed by atoms with Gasteiger partial charge >= 0.3 is 11.8 Å². The Bertz CT molecular complexity index is 867. The number of hydrogen-bond acceptors (Lipinski definition) is 5. The van der Waals surface area contributed by atoms with Crippen molar-refractivity contribution in [1.82, 2.24) is 0 Å². The summed E-state index contributed by atoms with van der Waals surface area (Å²) in [4.78, 5) is 35.5. The van der Waals surface area contributed by atoms with Gasteiger partial charge in [0.15, 0.2) is 11.5 Å². The number of hydrogen-bond donors (Lipinski definition) is 3. The second-order valence-electron chi connectivity index (χ2n) is 5.70. The lowest BCUT2D eigenvalue weighted by molar-refractivity contribution is -0.132. The fourth-order valence-corrected chi connectivity index (χ4v) is 2.38. The van der Waals surface area contributed by atoms with Crippen LogP contribution in [0.3, 0.4) is 0 Å². The maximum absolute atomic E-state index is 12.2. The molecule has 0 aromatic heterocycles. The summed E-state index contributed by atoms with van der Waals surface area (Å²) >= 11 is 0. The largest absolute Gasteiger partial charge is 0.490 e. The molecule has 0 radical (unpaired) electrons. The van der Waals surface area contributed by atoms with E-state index in [1.54, 1.807) is 42.5 Å². The fourth-order valence-electron chi connectivity index (χ4n) is 2.38. The Kier molecular flexibility index (Phi) is 7.38. The van der Waals surface area contributed by atoms with Crippen LogP contribution in [0.5, 0.6) is 11.5 Å². The molecule has 3 amide bonds. The molecule has 0 aliphatic rings. The number of benzene rings is 2. The summed E-state index contributed by atoms with van der Waals surface area (Å²) in [5.74, 6) is -0.877. The molecule has 8 heteroatoms. The predicted molar refractivity (Wildman–Crippen MR) is 107 cm³/mol. The molecular weight excluding hydrogens is 362 g/mol. The third-order valence-electron chi connectivity index (χ3n) is 3.45. The lowest BCUT2D eigenvalue weighted by Gasteiger charge is -2.13. The number of anilines is 3. The van der Waals surface area contributed by atoms with Gasteiger partial charge in [-0.2, -0.15) is 0 Å². The number of ether oxygens (including phenoxy) is 2. The van der Waals surface area contributed by atoms with E-state index in [9.17, 15) is 14.4 Å². The maximum atomic E-state index is 12.2. The molecule has 0 aliphatic heterocycles. The van der Waals surface area contributed by atoms with E-state index in [4.69, 9.17) is 9.47 Å². The minimum atomic E-state index is -0.841. The van der Waals surface area contributed by atoms with E-state index in [-0.39, 0.29) is 5.91 Å². The number of rotatable bonds is 7. The van der Waals surface area contributed by atoms with E-state index in [0.29, 0.717) is 41.8 Å². The van der Waals surface area contributed by atoms with Crippen molar-refractivity contribution in [2.24, 2.45) is 0 Å². The molecule has 3 N–H and O–H groups in total. The number of carbonyl (C=O) groups is 3. The zero-order chi connectivity index (χ0) is 20.5. The van der Waals surface area contributed by atoms with Crippen molar-refractivity contribution in [3.63, 3.8) is 0 Å². The highest BCUT2D eigenvalue weighted by atomic mass is 16.5. The standard InChI is InChI=1S/C20H23N3O5/c1-4-27-17-10-9-16(12-18(17)28-5-2)23-20(26)19(25)22-15-8-6-7-14(11-15)21-13(3)24/h6-12H,4-5H2,1-3H3,(H,21,24)(H,22,25)(H,23,26). The van der Waals surface area contributed by atoms with Crippen LogP contribution in [0.4, 0.5) is 17.1 Å². The molecule has 0 saturated carbocycles. The van der Waals surface area contributed by atoms with Crippen LogP contribution >= 0.6 is 0 Å². The third-order valence-corrected chi connectivity index (χ3v) is 3.45. The molecule has 2 aromatic carbocycles. The van der Waals surface area contributed by atoms with Crippen molar-refractivity contribution in [2.45, 2.75) is 20.8 Å². The van der Waals surface area contributed by atoms with Crippen molar-refractivity contribution in [3.8, 4) is 11.5 Å². The van der Waals surface area contributed by atoms with Crippen LogP contribution in [0, 0.1) is 0 Å². The van der Waals surface area contributed by atoms with E-state index in [0.717, 1.165) is 0 Å². The Labute approximate surface area is 163 Å². The summed E-state index contributed by atoms with van der Waals surface area (Å²) in [5.41, 5.74) is 1.30. The highest BCUT2D eigenvalue weighted by Crippen LogP contribution is 2.30. The van der Waals surface area contributed by atoms with E-state index < -0.39 is 11.8 Å². The van der Waals surface area contributed by atoms with Gasteiger partial charge < -0.3 is 25.4 Å². The van der Waals surface area contributed by atoms with E-state index in [1.165, 1.54) is 6.92 Å². The lowest BCUT2D eigenvalue weighted by atomic mass is 10.2. The molecular formula is C20H23N3O5. The SMILES string of the molecule is CCOc1ccc(NC(=O)C(=O)Nc2cccc(NC(C)=O)c2)cc1OCC. The molecule has 2 aromatic rings. The highest BCUT2D eigenvalue weighted by Gasteiger charge is 2.16. The van der Waals surface area contributed by atoms with Gasteiger partial charge in [0, 0.05) is 30.1 Å². The monoisotopic (exact) mass is 385 g/mol. The zero-order valence-electron chi connectivity index (χ0n) is 16.0. The van der Waals surface area contributed by atoms with Crippen molar-refractivity contribution in [3.05, 3.63) is 42.5 Å². The summed E-state index contributed by atoms with van der Waals surface area (Å²) in [5, 5.41) is 7.61. The van der Waals surface area contributed by atoms with Crippen molar-refractivity contribution < 1.29 is 23.9 Å². The Morgan fingerprint density at radius 3 is 1.86 bits per heavy atom. The molecule has 0 saturated heterocycles. The molecule has 0 fully saturated rings. The smallest absolute Gasteiger partial charge is 0.314 e. The van der Waals surface area contributed by atoms with Gasteiger partial charge in [0.2, 0.25) is 5.91 Å². The van der Waals surface area contributed by atoms with Gasteiger partial charge in [0.05, 0.1) is 13.2 Å². The Morgan fingerprint density at radius 2 is 1.29 bits per heavy atom. The van der Waals surface area contributed by atoms with Crippen LogP contribution in [-0.2, 0) is 14.4 Å². The van der Waals surface area contributed by atoms with Crippen molar-refractivity contribution >= 4 is 34.8 Å². The predicted octanol–water partition coefficient (Wildman–Crippen LogP) is 3.02. The van der Waals surface area contributed by atoms with Crippen molar-refractivity contribution in [1.29, 1.82) is 0 Å². The summed E-state index contributed by atoms with van der Waals surface area (Å²) in [7, 11) is 0. The topological polar surface area (TPSA) is 106 Å². The summed E-state index contributed by atoms with van der Waals surface area (Å²) in [6.07, 6.45) is 0. The summed E-state index contributed by atoms with van der Waals surface area (Å²) < 4.78 is 11.0. The molecule has 0 heterocycles. The number of nitrogens with one attached hydrogen (secondary N) is 3. The van der Waals surface area contributed by atoms with Crippen LogP contribution in [0.2, 0.25) is 0 Å². The van der Waals surface area contributed by atoms with Crippen LogP contribution in [0.15, 0.2) is 42.5 Å². The Balaban J connectivity index is 2.05. The van der Waals surface area contributed by atoms with Crippen LogP contribution in [0.25, 0.3) is 0 Å². The van der Waals surface area contributed by atoms with E-state index in [1.807, 2.05) is 13.8 Å². The number of carbonyl (C=O) groups excluding carboxylic acids is 3. The quantitative estimate of drug-likeness (QED) is 0.635. The molecule has 0 bridgehead atoms. The van der Waals surface area contributed by atoms with Crippen molar-refractivity contribution in [2.75, 3.05) is 29.2 Å². The second kappa shape index (κ2) is 9.96. The molecule has 0 unspecified atom stereocenters. The first-order valence-corrected chi connectivity index (χ1v) is 8.82. The first kappa shape index (κ1) is 20.8. The maximum Gasteiger partial charge on any atom is 0.314 e. The molecule has 8 nitrogen and oxygen atoms in total. The zero-order valence-corrected chi connectivity index (χ0v) is 16.0. The van der Waals surface area contributed by atoms with Crippen LogP contribution in [0.1, 0.15) is 20.8 Å². The normalized spacial score (nSPS) is 9.96. The molecule has 2 rings (SSSR count). The lowest BCUT2D eigenvalue weighted by Crippen LogP contribution is -2.29. The summed E-state index contributed by atoms with van der Waals surface area (Å²) in [6.45, 7) is 5.99. The van der Waals surface area contributed by atoms with Gasteiger partial charge in [-0.15, -0.1) is 0 Å². The fraction of sp³-hybridized carbons (Fsp3) is 0.250.